The van der Waals surface area contributed by atoms with Crippen LogP contribution in [0, 0.1) is 0 Å². The van der Waals surface area contributed by atoms with Gasteiger partial charge in [0.1, 0.15) is 11.8 Å². The largest absolute Gasteiger partial charge is 0.497 e. The zero-order chi connectivity index (χ0) is 23.4. The summed E-state index contributed by atoms with van der Waals surface area (Å²) in [5.74, 6) is -0.288. The molecule has 2 heterocycles. The summed E-state index contributed by atoms with van der Waals surface area (Å²) in [5.41, 5.74) is 3.91. The number of benzene rings is 2. The van der Waals surface area contributed by atoms with E-state index in [2.05, 4.69) is 12.1 Å². The molecule has 0 bridgehead atoms. The number of nitrogens with one attached hydrogen (secondary N) is 1. The van der Waals surface area contributed by atoms with Gasteiger partial charge in [0.25, 0.3) is 5.91 Å². The Balaban J connectivity index is 1.71. The van der Waals surface area contributed by atoms with Crippen LogP contribution in [-0.2, 0) is 27.7 Å². The minimum absolute atomic E-state index is 0.0751. The van der Waals surface area contributed by atoms with Crippen molar-refractivity contribution in [1.29, 1.82) is 0 Å². The number of hydrogen-bond acceptors (Lipinski definition) is 6. The SMILES string of the molecule is COc1ccc(S(=O)(=O)N2C[C@H](CCc3ccccc3)c3ccsc3C[C@H]2C(=O)NO)cc1. The lowest BCUT2D eigenvalue weighted by Gasteiger charge is -2.29. The third-order valence-electron chi connectivity index (χ3n) is 6.05. The molecule has 0 saturated carbocycles. The first kappa shape index (κ1) is 23.4. The quantitative estimate of drug-likeness (QED) is 0.393. The topological polar surface area (TPSA) is 95.9 Å². The van der Waals surface area contributed by atoms with E-state index in [1.54, 1.807) is 17.6 Å². The fourth-order valence-electron chi connectivity index (χ4n) is 4.28. The van der Waals surface area contributed by atoms with Gasteiger partial charge < -0.3 is 4.74 Å². The number of amides is 1. The highest BCUT2D eigenvalue weighted by Crippen LogP contribution is 2.37. The van der Waals surface area contributed by atoms with Crippen LogP contribution in [0.1, 0.15) is 28.3 Å². The van der Waals surface area contributed by atoms with Crippen LogP contribution in [0.4, 0.5) is 0 Å². The van der Waals surface area contributed by atoms with Crippen LogP contribution in [0.3, 0.4) is 0 Å². The molecule has 1 aromatic heterocycles. The molecule has 0 fully saturated rings. The van der Waals surface area contributed by atoms with Gasteiger partial charge in [-0.3, -0.25) is 10.0 Å². The van der Waals surface area contributed by atoms with Gasteiger partial charge in [0, 0.05) is 17.8 Å². The second-order valence-electron chi connectivity index (χ2n) is 7.97. The number of thiophene rings is 1. The Labute approximate surface area is 197 Å². The van der Waals surface area contributed by atoms with Crippen molar-refractivity contribution < 1.29 is 23.2 Å². The molecular weight excluding hydrogens is 460 g/mol. The lowest BCUT2D eigenvalue weighted by Crippen LogP contribution is -2.50. The minimum atomic E-state index is -4.02. The summed E-state index contributed by atoms with van der Waals surface area (Å²) < 4.78 is 33.8. The standard InChI is InChI=1S/C24H26N2O5S2/c1-31-19-9-11-20(12-10-19)33(29,30)26-16-18(8-7-17-5-3-2-4-6-17)21-13-14-32-23(21)15-22(26)24(27)25-28/h2-6,9-14,18,22,28H,7-8,15-16H2,1H3,(H,25,27)/t18-,22-/m0/s1. The molecule has 0 unspecified atom stereocenters. The van der Waals surface area contributed by atoms with Gasteiger partial charge in [0.05, 0.1) is 12.0 Å². The number of methoxy groups -OCH3 is 1. The molecule has 2 aromatic carbocycles. The summed E-state index contributed by atoms with van der Waals surface area (Å²) in [6, 6.07) is 17.1. The predicted octanol–water partition coefficient (Wildman–Crippen LogP) is 3.59. The van der Waals surface area contributed by atoms with Crippen molar-refractivity contribution in [3.8, 4) is 5.75 Å². The third kappa shape index (κ3) is 4.96. The molecular formula is C24H26N2O5S2. The monoisotopic (exact) mass is 486 g/mol. The number of ether oxygens (including phenoxy) is 1. The number of carbonyl (C=O) groups excluding carboxylic acids is 1. The van der Waals surface area contributed by atoms with E-state index in [0.29, 0.717) is 5.75 Å². The average molecular weight is 487 g/mol. The lowest BCUT2D eigenvalue weighted by molar-refractivity contribution is -0.133. The molecule has 3 aromatic rings. The van der Waals surface area contributed by atoms with Crippen molar-refractivity contribution >= 4 is 27.3 Å². The number of fused-ring (bicyclic) bond motifs is 1. The number of rotatable bonds is 7. The number of nitrogens with zero attached hydrogens (tertiary/aromatic N) is 1. The van der Waals surface area contributed by atoms with E-state index in [-0.39, 0.29) is 23.8 Å². The van der Waals surface area contributed by atoms with E-state index < -0.39 is 22.0 Å². The molecule has 0 spiro atoms. The highest BCUT2D eigenvalue weighted by Gasteiger charge is 2.41. The molecule has 174 valence electrons. The lowest BCUT2D eigenvalue weighted by atomic mass is 9.93. The zero-order valence-electron chi connectivity index (χ0n) is 18.2. The van der Waals surface area contributed by atoms with Crippen LogP contribution in [0.25, 0.3) is 0 Å². The van der Waals surface area contributed by atoms with Crippen LogP contribution in [0.5, 0.6) is 5.75 Å². The molecule has 1 aliphatic rings. The molecule has 1 aliphatic heterocycles. The van der Waals surface area contributed by atoms with Gasteiger partial charge in [-0.2, -0.15) is 4.31 Å². The molecule has 0 radical (unpaired) electrons. The second kappa shape index (κ2) is 10.0. The molecule has 0 saturated heterocycles. The van der Waals surface area contributed by atoms with Crippen LogP contribution in [0.15, 0.2) is 70.9 Å². The number of aryl methyl sites for hydroxylation is 1. The van der Waals surface area contributed by atoms with Crippen molar-refractivity contribution in [1.82, 2.24) is 9.79 Å². The molecule has 4 rings (SSSR count). The summed E-state index contributed by atoms with van der Waals surface area (Å²) in [6.45, 7) is 0.142. The Morgan fingerprint density at radius 3 is 2.55 bits per heavy atom. The summed E-state index contributed by atoms with van der Waals surface area (Å²) in [5, 5.41) is 11.4. The van der Waals surface area contributed by atoms with Gasteiger partial charge in [0.2, 0.25) is 10.0 Å². The van der Waals surface area contributed by atoms with Gasteiger partial charge >= 0.3 is 0 Å². The highest BCUT2D eigenvalue weighted by atomic mass is 32.2. The second-order valence-corrected chi connectivity index (χ2v) is 10.9. The van der Waals surface area contributed by atoms with Crippen molar-refractivity contribution in [2.24, 2.45) is 0 Å². The molecule has 9 heteroatoms. The number of hydroxylamine groups is 1. The van der Waals surface area contributed by atoms with Gasteiger partial charge in [-0.25, -0.2) is 13.9 Å². The fourth-order valence-corrected chi connectivity index (χ4v) is 6.92. The summed E-state index contributed by atoms with van der Waals surface area (Å²) in [7, 11) is -2.51. The van der Waals surface area contributed by atoms with Crippen molar-refractivity contribution in [2.45, 2.75) is 36.1 Å². The number of sulfonamides is 1. The summed E-state index contributed by atoms with van der Waals surface area (Å²) in [6.07, 6.45) is 1.72. The van der Waals surface area contributed by atoms with E-state index in [9.17, 15) is 18.4 Å². The first-order valence-corrected chi connectivity index (χ1v) is 13.0. The Morgan fingerprint density at radius 1 is 1.15 bits per heavy atom. The van der Waals surface area contributed by atoms with E-state index >= 15 is 0 Å². The van der Waals surface area contributed by atoms with Gasteiger partial charge in [-0.1, -0.05) is 30.3 Å². The van der Waals surface area contributed by atoms with Crippen molar-refractivity contribution in [3.63, 3.8) is 0 Å². The summed E-state index contributed by atoms with van der Waals surface area (Å²) >= 11 is 1.51. The Kier molecular flexibility index (Phi) is 7.14. The van der Waals surface area contributed by atoms with Crippen LogP contribution >= 0.6 is 11.3 Å². The van der Waals surface area contributed by atoms with E-state index in [1.807, 2.05) is 29.6 Å². The minimum Gasteiger partial charge on any atom is -0.497 e. The molecule has 2 N–H and O–H groups in total. The maximum absolute atomic E-state index is 13.7. The zero-order valence-corrected chi connectivity index (χ0v) is 19.8. The van der Waals surface area contributed by atoms with Crippen LogP contribution < -0.4 is 10.2 Å². The first-order chi connectivity index (χ1) is 15.9. The maximum Gasteiger partial charge on any atom is 0.262 e. The van der Waals surface area contributed by atoms with E-state index in [1.165, 1.54) is 40.4 Å². The third-order valence-corrected chi connectivity index (χ3v) is 8.90. The van der Waals surface area contributed by atoms with E-state index in [4.69, 9.17) is 4.74 Å². The highest BCUT2D eigenvalue weighted by molar-refractivity contribution is 7.89. The Morgan fingerprint density at radius 2 is 1.88 bits per heavy atom. The van der Waals surface area contributed by atoms with Crippen molar-refractivity contribution in [3.05, 3.63) is 82.0 Å². The van der Waals surface area contributed by atoms with Crippen molar-refractivity contribution in [2.75, 3.05) is 13.7 Å². The predicted molar refractivity (Wildman–Crippen MR) is 126 cm³/mol. The number of hydrogen-bond donors (Lipinski definition) is 2. The fraction of sp³-hybridized carbons (Fsp3) is 0.292. The molecule has 7 nitrogen and oxygen atoms in total. The van der Waals surface area contributed by atoms with Gasteiger partial charge in [0.15, 0.2) is 0 Å². The summed E-state index contributed by atoms with van der Waals surface area (Å²) in [4.78, 5) is 13.7. The maximum atomic E-state index is 13.7. The Bertz CT molecular complexity index is 1190. The van der Waals surface area contributed by atoms with Crippen LogP contribution in [0.2, 0.25) is 0 Å². The Hall–Kier alpha value is -2.72. The molecule has 1 amide bonds. The molecule has 0 aliphatic carbocycles. The molecule has 33 heavy (non-hydrogen) atoms. The molecule has 2 atom stereocenters. The van der Waals surface area contributed by atoms with Gasteiger partial charge in [-0.05, 0) is 65.6 Å². The smallest absolute Gasteiger partial charge is 0.262 e. The normalized spacial score (nSPS) is 18.8. The number of carbonyl (C=O) groups is 1. The van der Waals surface area contributed by atoms with Crippen LogP contribution in [-0.4, -0.2) is 43.5 Å². The first-order valence-electron chi connectivity index (χ1n) is 10.6. The average Bonchev–Trinajstić information content (AvgIpc) is 3.25. The van der Waals surface area contributed by atoms with E-state index in [0.717, 1.165) is 23.3 Å². The van der Waals surface area contributed by atoms with Gasteiger partial charge in [-0.15, -0.1) is 11.3 Å².